The number of hydrogen-bond donors (Lipinski definition) is 2. The number of aromatic nitrogens is 1. The van der Waals surface area contributed by atoms with E-state index in [1.54, 1.807) is 0 Å². The maximum Gasteiger partial charge on any atom is 0.307 e. The van der Waals surface area contributed by atoms with Crippen molar-refractivity contribution < 1.29 is 19.2 Å². The van der Waals surface area contributed by atoms with Gasteiger partial charge in [0.25, 0.3) is 0 Å². The van der Waals surface area contributed by atoms with Crippen LogP contribution in [0.3, 0.4) is 0 Å². The van der Waals surface area contributed by atoms with E-state index in [1.165, 1.54) is 12.3 Å². The first-order chi connectivity index (χ1) is 8.61. The standard InChI is InChI=1S/C12H16N2O4/c1-2-7-5-8(9(6-7)12(16)17)11(15)13-10-3-4-18-14-10/h3-4,7-9H,2,5-6H2,1H3,(H,16,17)(H,13,14,15)/t7?,8-,9+/m0/s1. The summed E-state index contributed by atoms with van der Waals surface area (Å²) < 4.78 is 4.61. The molecule has 1 aromatic heterocycles. The lowest BCUT2D eigenvalue weighted by Gasteiger charge is -2.13. The molecule has 3 atom stereocenters. The molecule has 1 fully saturated rings. The first-order valence-corrected chi connectivity index (χ1v) is 6.05. The summed E-state index contributed by atoms with van der Waals surface area (Å²) in [6, 6.07) is 1.53. The van der Waals surface area contributed by atoms with E-state index < -0.39 is 17.8 Å². The van der Waals surface area contributed by atoms with Crippen LogP contribution in [0.25, 0.3) is 0 Å². The zero-order valence-corrected chi connectivity index (χ0v) is 10.1. The van der Waals surface area contributed by atoms with E-state index >= 15 is 0 Å². The van der Waals surface area contributed by atoms with E-state index in [0.29, 0.717) is 24.6 Å². The van der Waals surface area contributed by atoms with Crippen molar-refractivity contribution >= 4 is 17.7 Å². The molecule has 0 bridgehead atoms. The molecule has 1 heterocycles. The molecule has 6 nitrogen and oxygen atoms in total. The predicted octanol–water partition coefficient (Wildman–Crippen LogP) is 1.75. The van der Waals surface area contributed by atoms with Crippen LogP contribution in [0.5, 0.6) is 0 Å². The molecule has 1 aromatic rings. The van der Waals surface area contributed by atoms with Crippen molar-refractivity contribution in [3.05, 3.63) is 12.3 Å². The number of carboxylic acid groups (broad SMARTS) is 1. The van der Waals surface area contributed by atoms with Gasteiger partial charge in [-0.2, -0.15) is 0 Å². The lowest BCUT2D eigenvalue weighted by atomic mass is 9.95. The summed E-state index contributed by atoms with van der Waals surface area (Å²) >= 11 is 0. The highest BCUT2D eigenvalue weighted by atomic mass is 16.5. The Labute approximate surface area is 104 Å². The van der Waals surface area contributed by atoms with Gasteiger partial charge in [-0.05, 0) is 18.8 Å². The number of carbonyl (C=O) groups is 2. The number of rotatable bonds is 4. The number of amides is 1. The topological polar surface area (TPSA) is 92.4 Å². The maximum absolute atomic E-state index is 12.0. The zero-order valence-electron chi connectivity index (χ0n) is 10.1. The Kier molecular flexibility index (Phi) is 3.64. The zero-order chi connectivity index (χ0) is 13.1. The van der Waals surface area contributed by atoms with E-state index in [9.17, 15) is 9.59 Å². The Bertz CT molecular complexity index is 429. The van der Waals surface area contributed by atoms with Crippen LogP contribution < -0.4 is 5.32 Å². The van der Waals surface area contributed by atoms with Crippen LogP contribution in [-0.4, -0.2) is 22.1 Å². The fourth-order valence-electron chi connectivity index (χ4n) is 2.53. The van der Waals surface area contributed by atoms with Crippen LogP contribution in [-0.2, 0) is 9.59 Å². The van der Waals surface area contributed by atoms with Gasteiger partial charge < -0.3 is 14.9 Å². The summed E-state index contributed by atoms with van der Waals surface area (Å²) in [5.74, 6) is -1.63. The van der Waals surface area contributed by atoms with E-state index in [2.05, 4.69) is 15.0 Å². The highest BCUT2D eigenvalue weighted by Gasteiger charge is 2.42. The maximum atomic E-state index is 12.0. The number of carbonyl (C=O) groups excluding carboxylic acids is 1. The summed E-state index contributed by atoms with van der Waals surface area (Å²) in [7, 11) is 0. The lowest BCUT2D eigenvalue weighted by Crippen LogP contribution is -2.30. The highest BCUT2D eigenvalue weighted by Crippen LogP contribution is 2.38. The highest BCUT2D eigenvalue weighted by molar-refractivity contribution is 5.94. The molecule has 0 spiro atoms. The Morgan fingerprint density at radius 3 is 2.78 bits per heavy atom. The van der Waals surface area contributed by atoms with Crippen LogP contribution in [0, 0.1) is 17.8 Å². The van der Waals surface area contributed by atoms with Gasteiger partial charge in [0.05, 0.1) is 11.8 Å². The van der Waals surface area contributed by atoms with Crippen LogP contribution in [0.15, 0.2) is 16.9 Å². The van der Waals surface area contributed by atoms with Gasteiger partial charge in [0.15, 0.2) is 5.82 Å². The third-order valence-corrected chi connectivity index (χ3v) is 3.58. The van der Waals surface area contributed by atoms with Gasteiger partial charge in [0, 0.05) is 6.07 Å². The molecule has 1 aliphatic rings. The molecule has 1 aliphatic carbocycles. The molecule has 18 heavy (non-hydrogen) atoms. The number of aliphatic carboxylic acids is 1. The van der Waals surface area contributed by atoms with Gasteiger partial charge in [-0.3, -0.25) is 9.59 Å². The van der Waals surface area contributed by atoms with Crippen LogP contribution in [0.4, 0.5) is 5.82 Å². The van der Waals surface area contributed by atoms with Gasteiger partial charge >= 0.3 is 5.97 Å². The molecule has 98 valence electrons. The molecule has 0 aromatic carbocycles. The van der Waals surface area contributed by atoms with Gasteiger partial charge in [0.1, 0.15) is 6.26 Å². The van der Waals surface area contributed by atoms with E-state index in [1.807, 2.05) is 6.92 Å². The molecule has 2 rings (SSSR count). The Morgan fingerprint density at radius 1 is 1.50 bits per heavy atom. The van der Waals surface area contributed by atoms with Gasteiger partial charge in [0.2, 0.25) is 5.91 Å². The Hall–Kier alpha value is -1.85. The smallest absolute Gasteiger partial charge is 0.307 e. The largest absolute Gasteiger partial charge is 0.481 e. The Morgan fingerprint density at radius 2 is 2.22 bits per heavy atom. The summed E-state index contributed by atoms with van der Waals surface area (Å²) in [6.45, 7) is 2.02. The molecule has 1 amide bonds. The van der Waals surface area contributed by atoms with Gasteiger partial charge in [-0.15, -0.1) is 0 Å². The van der Waals surface area contributed by atoms with Gasteiger partial charge in [-0.25, -0.2) is 0 Å². The number of nitrogens with one attached hydrogen (secondary N) is 1. The second-order valence-corrected chi connectivity index (χ2v) is 4.67. The predicted molar refractivity (Wildman–Crippen MR) is 62.8 cm³/mol. The van der Waals surface area contributed by atoms with Crippen molar-refractivity contribution in [1.29, 1.82) is 0 Å². The van der Waals surface area contributed by atoms with Crippen molar-refractivity contribution in [2.75, 3.05) is 5.32 Å². The minimum atomic E-state index is -0.897. The van der Waals surface area contributed by atoms with Crippen molar-refractivity contribution in [1.82, 2.24) is 5.16 Å². The number of hydrogen-bond acceptors (Lipinski definition) is 4. The van der Waals surface area contributed by atoms with Crippen molar-refractivity contribution in [3.8, 4) is 0 Å². The molecule has 0 aliphatic heterocycles. The van der Waals surface area contributed by atoms with Crippen LogP contribution >= 0.6 is 0 Å². The van der Waals surface area contributed by atoms with E-state index in [4.69, 9.17) is 5.11 Å². The normalized spacial score (nSPS) is 27.1. The fourth-order valence-corrected chi connectivity index (χ4v) is 2.53. The first kappa shape index (κ1) is 12.6. The van der Waals surface area contributed by atoms with E-state index in [0.717, 1.165) is 6.42 Å². The number of nitrogens with zero attached hydrogens (tertiary/aromatic N) is 1. The second-order valence-electron chi connectivity index (χ2n) is 4.67. The van der Waals surface area contributed by atoms with Gasteiger partial charge in [-0.1, -0.05) is 18.5 Å². The average molecular weight is 252 g/mol. The summed E-state index contributed by atoms with van der Waals surface area (Å²) in [5, 5.41) is 15.3. The number of carboxylic acids is 1. The quantitative estimate of drug-likeness (QED) is 0.851. The van der Waals surface area contributed by atoms with E-state index in [-0.39, 0.29) is 5.91 Å². The minimum Gasteiger partial charge on any atom is -0.481 e. The SMILES string of the molecule is CCC1C[C@H](C(=O)Nc2ccon2)[C@H](C(=O)O)C1. The Balaban J connectivity index is 2.05. The number of anilines is 1. The van der Waals surface area contributed by atoms with Crippen molar-refractivity contribution in [2.24, 2.45) is 17.8 Å². The molecule has 0 radical (unpaired) electrons. The van der Waals surface area contributed by atoms with Crippen LogP contribution in [0.2, 0.25) is 0 Å². The third kappa shape index (κ3) is 2.52. The molecular weight excluding hydrogens is 236 g/mol. The second kappa shape index (κ2) is 5.20. The minimum absolute atomic E-state index is 0.285. The summed E-state index contributed by atoms with van der Waals surface area (Å²) in [4.78, 5) is 23.2. The van der Waals surface area contributed by atoms with Crippen LogP contribution in [0.1, 0.15) is 26.2 Å². The molecule has 1 saturated carbocycles. The third-order valence-electron chi connectivity index (χ3n) is 3.58. The molecule has 1 unspecified atom stereocenters. The lowest BCUT2D eigenvalue weighted by molar-refractivity contribution is -0.145. The summed E-state index contributed by atoms with van der Waals surface area (Å²) in [6.07, 6.45) is 3.45. The first-order valence-electron chi connectivity index (χ1n) is 6.05. The molecule has 6 heteroatoms. The van der Waals surface area contributed by atoms with Crippen molar-refractivity contribution in [2.45, 2.75) is 26.2 Å². The molecule has 2 N–H and O–H groups in total. The average Bonchev–Trinajstić information content (AvgIpc) is 2.96. The summed E-state index contributed by atoms with van der Waals surface area (Å²) in [5.41, 5.74) is 0. The molecular formula is C12H16N2O4. The fraction of sp³-hybridized carbons (Fsp3) is 0.583. The van der Waals surface area contributed by atoms with Crippen molar-refractivity contribution in [3.63, 3.8) is 0 Å². The monoisotopic (exact) mass is 252 g/mol. The molecule has 0 saturated heterocycles.